The Morgan fingerprint density at radius 2 is 2.18 bits per heavy atom. The quantitative estimate of drug-likeness (QED) is 0.863. The van der Waals surface area contributed by atoms with Crippen molar-refractivity contribution in [2.24, 2.45) is 0 Å². The number of hydrogen-bond acceptors (Lipinski definition) is 4. The number of nitrogens with zero attached hydrogens (tertiary/aromatic N) is 2. The van der Waals surface area contributed by atoms with Crippen molar-refractivity contribution in [3.63, 3.8) is 0 Å². The molecule has 1 unspecified atom stereocenters. The fraction of sp³-hybridized carbons (Fsp3) is 0.385. The van der Waals surface area contributed by atoms with Gasteiger partial charge in [-0.05, 0) is 25.2 Å². The molecule has 1 amide bonds. The van der Waals surface area contributed by atoms with Gasteiger partial charge in [0.15, 0.2) is 6.10 Å². The maximum absolute atomic E-state index is 12.2. The number of nitriles is 1. The molecular weight excluding hydrogens is 323 g/mol. The molecular formula is C13H13ClF3N3O2. The Morgan fingerprint density at radius 3 is 2.73 bits per heavy atom. The van der Waals surface area contributed by atoms with Crippen molar-refractivity contribution < 1.29 is 23.1 Å². The maximum atomic E-state index is 12.2. The number of nitrogens with one attached hydrogen (secondary N) is 1. The molecule has 0 aliphatic heterocycles. The number of aliphatic hydroxyl groups is 1. The lowest BCUT2D eigenvalue weighted by Crippen LogP contribution is -2.42. The average molecular weight is 336 g/mol. The number of likely N-dealkylation sites (N-methyl/N-ethyl adjacent to an activating group) is 1. The Hall–Kier alpha value is -1.82. The van der Waals surface area contributed by atoms with Gasteiger partial charge in [-0.15, -0.1) is 0 Å². The van der Waals surface area contributed by atoms with Gasteiger partial charge in [-0.2, -0.15) is 18.4 Å². The molecule has 22 heavy (non-hydrogen) atoms. The summed E-state index contributed by atoms with van der Waals surface area (Å²) in [6.45, 7) is -1.12. The van der Waals surface area contributed by atoms with Crippen molar-refractivity contribution in [1.29, 1.82) is 5.26 Å². The Labute approximate surface area is 129 Å². The molecule has 5 nitrogen and oxygen atoms in total. The number of benzene rings is 1. The fourth-order valence-corrected chi connectivity index (χ4v) is 1.79. The predicted molar refractivity (Wildman–Crippen MR) is 74.4 cm³/mol. The van der Waals surface area contributed by atoms with E-state index in [2.05, 4.69) is 5.32 Å². The van der Waals surface area contributed by atoms with Gasteiger partial charge in [0.25, 0.3) is 0 Å². The van der Waals surface area contributed by atoms with Gasteiger partial charge < -0.3 is 10.4 Å². The van der Waals surface area contributed by atoms with Crippen LogP contribution in [0.5, 0.6) is 0 Å². The number of anilines is 1. The first kappa shape index (κ1) is 18.2. The number of amides is 1. The number of halogens is 4. The SMILES string of the molecule is CN(CC(=O)Nc1cc(Cl)ccc1C#N)CC(O)C(F)(F)F. The summed E-state index contributed by atoms with van der Waals surface area (Å²) in [6.07, 6.45) is -7.28. The molecule has 0 heterocycles. The van der Waals surface area contributed by atoms with Crippen LogP contribution >= 0.6 is 11.6 Å². The second kappa shape index (κ2) is 7.45. The highest BCUT2D eigenvalue weighted by Gasteiger charge is 2.38. The Morgan fingerprint density at radius 1 is 1.55 bits per heavy atom. The van der Waals surface area contributed by atoms with Gasteiger partial charge in [-0.25, -0.2) is 0 Å². The molecule has 0 saturated carbocycles. The summed E-state index contributed by atoms with van der Waals surface area (Å²) >= 11 is 5.75. The first-order chi connectivity index (χ1) is 10.1. The zero-order valence-electron chi connectivity index (χ0n) is 11.5. The van der Waals surface area contributed by atoms with E-state index in [1.807, 2.05) is 6.07 Å². The Balaban J connectivity index is 2.64. The molecule has 0 aliphatic carbocycles. The minimum absolute atomic E-state index is 0.171. The fourth-order valence-electron chi connectivity index (χ4n) is 1.62. The van der Waals surface area contributed by atoms with Gasteiger partial charge in [0, 0.05) is 11.6 Å². The summed E-state index contributed by atoms with van der Waals surface area (Å²) in [6, 6.07) is 6.11. The molecule has 9 heteroatoms. The van der Waals surface area contributed by atoms with E-state index >= 15 is 0 Å². The number of carbonyl (C=O) groups is 1. The van der Waals surface area contributed by atoms with Crippen LogP contribution in [0, 0.1) is 11.3 Å². The highest BCUT2D eigenvalue weighted by molar-refractivity contribution is 6.31. The second-order valence-corrected chi connectivity index (χ2v) is 5.04. The van der Waals surface area contributed by atoms with Crippen LogP contribution in [0.3, 0.4) is 0 Å². The first-order valence-electron chi connectivity index (χ1n) is 6.06. The van der Waals surface area contributed by atoms with E-state index in [1.165, 1.54) is 25.2 Å². The molecule has 1 aromatic carbocycles. The summed E-state index contributed by atoms with van der Waals surface area (Å²) in [5, 5.41) is 20.5. The van der Waals surface area contributed by atoms with Crippen LogP contribution in [0.25, 0.3) is 0 Å². The van der Waals surface area contributed by atoms with Crippen molar-refractivity contribution in [2.75, 3.05) is 25.5 Å². The molecule has 0 saturated heterocycles. The smallest absolute Gasteiger partial charge is 0.382 e. The van der Waals surface area contributed by atoms with E-state index < -0.39 is 24.7 Å². The summed E-state index contributed by atoms with van der Waals surface area (Å²) in [4.78, 5) is 12.8. The van der Waals surface area contributed by atoms with Crippen LogP contribution in [0.4, 0.5) is 18.9 Å². The van der Waals surface area contributed by atoms with E-state index in [0.29, 0.717) is 5.02 Å². The monoisotopic (exact) mass is 335 g/mol. The van der Waals surface area contributed by atoms with Gasteiger partial charge in [-0.3, -0.25) is 9.69 Å². The first-order valence-corrected chi connectivity index (χ1v) is 6.44. The highest BCUT2D eigenvalue weighted by atomic mass is 35.5. The highest BCUT2D eigenvalue weighted by Crippen LogP contribution is 2.21. The Bertz CT molecular complexity index is 587. The molecule has 0 spiro atoms. The molecule has 0 aliphatic rings. The minimum Gasteiger partial charge on any atom is -0.382 e. The number of carbonyl (C=O) groups excluding carboxylic acids is 1. The maximum Gasteiger partial charge on any atom is 0.415 e. The summed E-state index contributed by atoms with van der Waals surface area (Å²) in [5.74, 6) is -0.629. The molecule has 1 atom stereocenters. The van der Waals surface area contributed by atoms with Gasteiger partial charge in [-0.1, -0.05) is 11.6 Å². The average Bonchev–Trinajstić information content (AvgIpc) is 2.37. The van der Waals surface area contributed by atoms with Gasteiger partial charge in [0.2, 0.25) is 5.91 Å². The normalized spacial score (nSPS) is 12.8. The van der Waals surface area contributed by atoms with E-state index in [-0.39, 0.29) is 17.8 Å². The van der Waals surface area contributed by atoms with E-state index in [1.54, 1.807) is 0 Å². The third-order valence-corrected chi connectivity index (χ3v) is 2.89. The lowest BCUT2D eigenvalue weighted by atomic mass is 10.2. The van der Waals surface area contributed by atoms with Crippen molar-refractivity contribution in [2.45, 2.75) is 12.3 Å². The molecule has 0 radical (unpaired) electrons. The standard InChI is InChI=1S/C13H13ClF3N3O2/c1-20(6-11(21)13(15,16)17)7-12(22)19-10-4-9(14)3-2-8(10)5-18/h2-4,11,21H,6-7H2,1H3,(H,19,22). The van der Waals surface area contributed by atoms with E-state index in [9.17, 15) is 18.0 Å². The molecule has 0 aromatic heterocycles. The van der Waals surface area contributed by atoms with Crippen LogP contribution in [-0.4, -0.2) is 48.3 Å². The van der Waals surface area contributed by atoms with Crippen LogP contribution in [-0.2, 0) is 4.79 Å². The Kier molecular flexibility index (Phi) is 6.17. The predicted octanol–water partition coefficient (Wildman–Crippen LogP) is 2.01. The second-order valence-electron chi connectivity index (χ2n) is 4.60. The number of alkyl halides is 3. The lowest BCUT2D eigenvalue weighted by Gasteiger charge is -2.21. The molecule has 120 valence electrons. The van der Waals surface area contributed by atoms with Crippen LogP contribution < -0.4 is 5.32 Å². The van der Waals surface area contributed by atoms with Gasteiger partial charge in [0.05, 0.1) is 17.8 Å². The molecule has 1 aromatic rings. The topological polar surface area (TPSA) is 76.4 Å². The van der Waals surface area contributed by atoms with Crippen molar-refractivity contribution in [3.8, 4) is 6.07 Å². The van der Waals surface area contributed by atoms with Crippen molar-refractivity contribution in [1.82, 2.24) is 4.90 Å². The van der Waals surface area contributed by atoms with E-state index in [4.69, 9.17) is 22.0 Å². The summed E-state index contributed by atoms with van der Waals surface area (Å²) in [7, 11) is 1.26. The van der Waals surface area contributed by atoms with Crippen LogP contribution in [0.2, 0.25) is 5.02 Å². The zero-order valence-corrected chi connectivity index (χ0v) is 12.2. The zero-order chi connectivity index (χ0) is 16.9. The van der Waals surface area contributed by atoms with Gasteiger partial charge >= 0.3 is 6.18 Å². The molecule has 0 fully saturated rings. The summed E-state index contributed by atoms with van der Waals surface area (Å²) in [5.41, 5.74) is 0.348. The van der Waals surface area contributed by atoms with Crippen molar-refractivity contribution in [3.05, 3.63) is 28.8 Å². The molecule has 2 N–H and O–H groups in total. The summed E-state index contributed by atoms with van der Waals surface area (Å²) < 4.78 is 36.6. The van der Waals surface area contributed by atoms with Crippen LogP contribution in [0.1, 0.15) is 5.56 Å². The molecule has 0 bridgehead atoms. The molecule has 1 rings (SSSR count). The minimum atomic E-state index is -4.74. The number of aliphatic hydroxyl groups excluding tert-OH is 1. The third-order valence-electron chi connectivity index (χ3n) is 2.65. The van der Waals surface area contributed by atoms with Crippen LogP contribution in [0.15, 0.2) is 18.2 Å². The van der Waals surface area contributed by atoms with E-state index in [0.717, 1.165) is 4.90 Å². The number of rotatable bonds is 5. The lowest BCUT2D eigenvalue weighted by molar-refractivity contribution is -0.207. The third kappa shape index (κ3) is 5.52. The van der Waals surface area contributed by atoms with Gasteiger partial charge in [0.1, 0.15) is 6.07 Å². The van der Waals surface area contributed by atoms with Crippen molar-refractivity contribution >= 4 is 23.2 Å². The number of hydrogen-bond donors (Lipinski definition) is 2. The largest absolute Gasteiger partial charge is 0.415 e.